The van der Waals surface area contributed by atoms with Gasteiger partial charge in [0.15, 0.2) is 0 Å². The first-order valence-electron chi connectivity index (χ1n) is 22.1. The Kier molecular flexibility index (Phi) is 13.1. The van der Waals surface area contributed by atoms with E-state index >= 15 is 0 Å². The second-order valence-corrected chi connectivity index (χ2v) is 17.6. The van der Waals surface area contributed by atoms with Crippen LogP contribution in [-0.4, -0.2) is 98.6 Å². The van der Waals surface area contributed by atoms with Crippen molar-refractivity contribution in [3.63, 3.8) is 0 Å². The molecule has 0 spiro atoms. The highest BCUT2D eigenvalue weighted by molar-refractivity contribution is 5.91. The second kappa shape index (κ2) is 19.1. The van der Waals surface area contributed by atoms with Crippen LogP contribution < -0.4 is 10.6 Å². The van der Waals surface area contributed by atoms with Crippen molar-refractivity contribution in [3.05, 3.63) is 121 Å². The molecule has 3 amide bonds. The van der Waals surface area contributed by atoms with E-state index in [1.165, 1.54) is 14.2 Å². The lowest BCUT2D eigenvalue weighted by molar-refractivity contribution is -0.135. The maximum absolute atomic E-state index is 14.1. The number of nitrogens with zero attached hydrogens (tertiary/aromatic N) is 4. The number of aliphatic hydroxyl groups excluding tert-OH is 1. The van der Waals surface area contributed by atoms with Crippen LogP contribution in [0.15, 0.2) is 103 Å². The molecule has 6 aromatic rings. The number of hydrogen-bond donors (Lipinski definition) is 5. The number of ether oxygens (including phenoxy) is 2. The van der Waals surface area contributed by atoms with Crippen LogP contribution in [-0.2, 0) is 14.3 Å². The fourth-order valence-electron chi connectivity index (χ4n) is 9.31. The summed E-state index contributed by atoms with van der Waals surface area (Å²) >= 11 is 0. The Morgan fingerprint density at radius 1 is 0.719 bits per heavy atom. The van der Waals surface area contributed by atoms with Gasteiger partial charge in [0.2, 0.25) is 5.91 Å². The Morgan fingerprint density at radius 3 is 1.94 bits per heavy atom. The summed E-state index contributed by atoms with van der Waals surface area (Å²) in [6.07, 6.45) is 4.02. The largest absolute Gasteiger partial charge is 0.453 e. The van der Waals surface area contributed by atoms with Gasteiger partial charge in [0, 0.05) is 24.6 Å². The zero-order valence-electron chi connectivity index (χ0n) is 37.2. The van der Waals surface area contributed by atoms with Gasteiger partial charge in [-0.1, -0.05) is 107 Å². The molecule has 334 valence electrons. The van der Waals surface area contributed by atoms with Gasteiger partial charge in [-0.05, 0) is 76.3 Å². The fourth-order valence-corrected chi connectivity index (χ4v) is 9.31. The van der Waals surface area contributed by atoms with Crippen LogP contribution in [0.2, 0.25) is 0 Å². The molecule has 4 heterocycles. The summed E-state index contributed by atoms with van der Waals surface area (Å²) < 4.78 is 9.67. The van der Waals surface area contributed by atoms with E-state index < -0.39 is 30.5 Å². The van der Waals surface area contributed by atoms with Crippen molar-refractivity contribution < 1.29 is 29.0 Å². The smallest absolute Gasteiger partial charge is 0.407 e. The number of nitrogens with one attached hydrogen (secondary N) is 4. The van der Waals surface area contributed by atoms with Gasteiger partial charge >= 0.3 is 12.2 Å². The third kappa shape index (κ3) is 9.25. The van der Waals surface area contributed by atoms with E-state index in [1.54, 1.807) is 0 Å². The quantitative estimate of drug-likeness (QED) is 0.0761. The van der Waals surface area contributed by atoms with Crippen LogP contribution in [0, 0.1) is 11.8 Å². The molecule has 2 aromatic heterocycles. The minimum absolute atomic E-state index is 0.0104. The van der Waals surface area contributed by atoms with Crippen molar-refractivity contribution in [2.45, 2.75) is 83.3 Å². The van der Waals surface area contributed by atoms with Crippen LogP contribution in [0.5, 0.6) is 0 Å². The van der Waals surface area contributed by atoms with Crippen molar-refractivity contribution in [1.82, 2.24) is 40.4 Å². The van der Waals surface area contributed by atoms with Crippen molar-refractivity contribution in [1.29, 1.82) is 0 Å². The van der Waals surface area contributed by atoms with Gasteiger partial charge in [-0.15, -0.1) is 0 Å². The summed E-state index contributed by atoms with van der Waals surface area (Å²) in [5.41, 5.74) is 7.06. The number of aliphatic hydroxyl groups is 1. The first kappa shape index (κ1) is 44.1. The van der Waals surface area contributed by atoms with E-state index in [1.807, 2.05) is 68.1 Å². The number of carbonyl (C=O) groups is 3. The van der Waals surface area contributed by atoms with Gasteiger partial charge in [-0.25, -0.2) is 19.6 Å². The fraction of sp³-hybridized carbons (Fsp3) is 0.380. The third-order valence-electron chi connectivity index (χ3n) is 12.9. The van der Waals surface area contributed by atoms with Gasteiger partial charge in [-0.3, -0.25) is 9.69 Å². The molecule has 2 fully saturated rings. The number of likely N-dealkylation sites (tertiary alicyclic amines) is 2. The summed E-state index contributed by atoms with van der Waals surface area (Å²) in [5, 5.41) is 19.2. The predicted octanol–water partition coefficient (Wildman–Crippen LogP) is 8.56. The van der Waals surface area contributed by atoms with E-state index in [2.05, 4.69) is 93.4 Å². The summed E-state index contributed by atoms with van der Waals surface area (Å²) in [5.74, 6) is 1.28. The van der Waals surface area contributed by atoms with E-state index in [4.69, 9.17) is 19.4 Å². The number of imidazole rings is 2. The zero-order chi connectivity index (χ0) is 45.1. The Bertz CT molecular complexity index is 2570. The number of H-pyrrole nitrogens is 2. The third-order valence-corrected chi connectivity index (χ3v) is 12.9. The van der Waals surface area contributed by atoms with Crippen LogP contribution in [0.25, 0.3) is 44.4 Å². The van der Waals surface area contributed by atoms with Gasteiger partial charge in [0.25, 0.3) is 0 Å². The molecule has 0 aliphatic carbocycles. The number of fused-ring (bicyclic) bond motifs is 1. The lowest BCUT2D eigenvalue weighted by Crippen LogP contribution is -2.54. The summed E-state index contributed by atoms with van der Waals surface area (Å²) in [6.45, 7) is 8.95. The number of alkyl carbamates (subject to hydrolysis) is 2. The number of methoxy groups -OCH3 is 2. The second-order valence-electron chi connectivity index (χ2n) is 17.6. The van der Waals surface area contributed by atoms with Crippen LogP contribution >= 0.6 is 0 Å². The zero-order valence-corrected chi connectivity index (χ0v) is 37.2. The predicted molar refractivity (Wildman–Crippen MR) is 246 cm³/mol. The molecule has 2 saturated heterocycles. The Balaban J connectivity index is 0.967. The summed E-state index contributed by atoms with van der Waals surface area (Å²) in [4.78, 5) is 58.9. The highest BCUT2D eigenvalue weighted by Crippen LogP contribution is 2.41. The molecule has 14 nitrogen and oxygen atoms in total. The molecular weight excluding hydrogens is 809 g/mol. The van der Waals surface area contributed by atoms with Crippen molar-refractivity contribution in [2.75, 3.05) is 27.3 Å². The van der Waals surface area contributed by atoms with Gasteiger partial charge in [0.1, 0.15) is 23.9 Å². The number of benzene rings is 4. The van der Waals surface area contributed by atoms with E-state index in [9.17, 15) is 19.5 Å². The molecule has 64 heavy (non-hydrogen) atoms. The van der Waals surface area contributed by atoms with Crippen molar-refractivity contribution in [2.24, 2.45) is 11.8 Å². The number of aromatic nitrogens is 4. The normalized spacial score (nSPS) is 19.2. The maximum Gasteiger partial charge on any atom is 0.407 e. The number of aromatic amines is 2. The summed E-state index contributed by atoms with van der Waals surface area (Å²) in [6, 6.07) is 29.8. The Morgan fingerprint density at radius 2 is 1.30 bits per heavy atom. The van der Waals surface area contributed by atoms with Gasteiger partial charge in [0.05, 0.1) is 56.1 Å². The minimum atomic E-state index is -0.896. The number of rotatable bonds is 13. The lowest BCUT2D eigenvalue weighted by atomic mass is 9.96. The Hall–Kier alpha value is -6.51. The first-order valence-corrected chi connectivity index (χ1v) is 22.1. The molecule has 2 aliphatic heterocycles. The minimum Gasteiger partial charge on any atom is -0.453 e. The van der Waals surface area contributed by atoms with Crippen molar-refractivity contribution in [3.8, 4) is 33.6 Å². The van der Waals surface area contributed by atoms with Crippen molar-refractivity contribution >= 4 is 28.9 Å². The van der Waals surface area contributed by atoms with E-state index in [-0.39, 0.29) is 35.7 Å². The molecule has 0 bridgehead atoms. The molecule has 6 unspecified atom stereocenters. The topological polar surface area (TPSA) is 178 Å². The molecule has 6 atom stereocenters. The Labute approximate surface area is 373 Å². The highest BCUT2D eigenvalue weighted by atomic mass is 16.5. The monoisotopic (exact) mass is 866 g/mol. The molecular formula is C50H58N8O6. The van der Waals surface area contributed by atoms with E-state index in [0.717, 1.165) is 68.6 Å². The van der Waals surface area contributed by atoms with Crippen LogP contribution in [0.4, 0.5) is 9.59 Å². The first-order chi connectivity index (χ1) is 30.9. The summed E-state index contributed by atoms with van der Waals surface area (Å²) in [7, 11) is 2.62. The highest BCUT2D eigenvalue weighted by Gasteiger charge is 2.42. The van der Waals surface area contributed by atoms with Crippen LogP contribution in [0.1, 0.15) is 82.2 Å². The number of hydrogen-bond acceptors (Lipinski definition) is 9. The SMILES string of the molecule is COC(=O)NC(C(=O)N1CC(c2ccccc2)CC1c1ncc(-c2ccc(-c3ccc4cc(-c5cnc(C6CCCN6C(O)C(NC(=O)OC)C(C)C)[nH]5)ccc4c3)cc2)[nH]1)C(C)C. The molecule has 0 radical (unpaired) electrons. The van der Waals surface area contributed by atoms with E-state index in [0.29, 0.717) is 25.3 Å². The number of carbonyl (C=O) groups excluding carboxylic acids is 3. The van der Waals surface area contributed by atoms with Gasteiger partial charge in [-0.2, -0.15) is 0 Å². The molecule has 5 N–H and O–H groups in total. The molecule has 8 rings (SSSR count). The maximum atomic E-state index is 14.1. The average Bonchev–Trinajstić information content (AvgIpc) is 4.16. The molecule has 0 saturated carbocycles. The average molecular weight is 867 g/mol. The molecule has 14 heteroatoms. The molecule has 4 aromatic carbocycles. The lowest BCUT2D eigenvalue weighted by Gasteiger charge is -2.35. The van der Waals surface area contributed by atoms with Crippen LogP contribution in [0.3, 0.4) is 0 Å². The molecule has 2 aliphatic rings. The standard InChI is InChI=1S/C50H58N8O6/c1-29(2)43(55-49(61)63-5)47(59)57-22-10-13-41(57)45-51-27-40(54-45)37-21-20-35-23-34(18-19-36(35)24-37)32-14-16-33(17-15-32)39-26-52-46(53-39)42-25-38(31-11-8-7-9-12-31)28-58(42)48(60)44(30(3)4)56-50(62)64-6/h7-9,11-12,14-21,23-24,26-27,29-30,38,41-44,47,59H,10,13,22,25,28H2,1-6H3,(H,51,54)(H,52,53)(H,55,61)(H,56,62). The van der Waals surface area contributed by atoms with Gasteiger partial charge < -0.3 is 40.1 Å². The number of amides is 3.